The van der Waals surface area contributed by atoms with Crippen molar-refractivity contribution in [1.82, 2.24) is 0 Å². The van der Waals surface area contributed by atoms with Gasteiger partial charge < -0.3 is 25.9 Å². The van der Waals surface area contributed by atoms with Gasteiger partial charge in [0.1, 0.15) is 11.2 Å². The molecule has 0 amide bonds. The van der Waals surface area contributed by atoms with Crippen molar-refractivity contribution in [3.05, 3.63) is 54.1 Å². The number of quaternary nitrogens is 1. The average Bonchev–Trinajstić information content (AvgIpc) is 3.03. The molecule has 1 saturated heterocycles. The Hall–Kier alpha value is -0.940. The van der Waals surface area contributed by atoms with Crippen LogP contribution in [-0.4, -0.2) is 36.4 Å². The molecule has 0 unspecified atom stereocenters. The summed E-state index contributed by atoms with van der Waals surface area (Å²) in [6, 6.07) is 12.4. The van der Waals surface area contributed by atoms with Crippen molar-refractivity contribution in [2.45, 2.75) is 30.6 Å². The highest BCUT2D eigenvalue weighted by Crippen LogP contribution is 2.33. The third kappa shape index (κ3) is 4.79. The van der Waals surface area contributed by atoms with Crippen LogP contribution in [0.3, 0.4) is 0 Å². The number of thioether (sulfide) groups is 1. The molecule has 4 rings (SSSR count). The minimum atomic E-state index is 0. The van der Waals surface area contributed by atoms with Crippen LogP contribution in [0.2, 0.25) is 5.02 Å². The smallest absolute Gasteiger partial charge is 0.136 e. The van der Waals surface area contributed by atoms with E-state index in [0.717, 1.165) is 34.2 Å². The van der Waals surface area contributed by atoms with Gasteiger partial charge in [0.25, 0.3) is 0 Å². The molecule has 0 N–H and O–H groups in total. The first kappa shape index (κ1) is 21.8. The summed E-state index contributed by atoms with van der Waals surface area (Å²) in [6.45, 7) is 9.03. The Kier molecular flexibility index (Phi) is 7.54. The second-order valence-corrected chi connectivity index (χ2v) is 9.25. The average molecular weight is 481 g/mol. The molecule has 0 radical (unpaired) electrons. The normalized spacial score (nSPS) is 16.2. The molecular formula is C23H27BrClNOS. The van der Waals surface area contributed by atoms with Gasteiger partial charge in [-0.15, -0.1) is 11.8 Å². The van der Waals surface area contributed by atoms with Gasteiger partial charge in [-0.05, 0) is 55.7 Å². The second kappa shape index (κ2) is 9.71. The van der Waals surface area contributed by atoms with Crippen molar-refractivity contribution >= 4 is 45.3 Å². The van der Waals surface area contributed by atoms with Gasteiger partial charge in [0, 0.05) is 38.9 Å². The minimum absolute atomic E-state index is 0. The highest BCUT2D eigenvalue weighted by atomic mass is 79.9. The van der Waals surface area contributed by atoms with Crippen LogP contribution in [0.15, 0.2) is 58.4 Å². The monoisotopic (exact) mass is 479 g/mol. The largest absolute Gasteiger partial charge is 1.00 e. The SMILES string of the molecule is C=CC[N+]1(CCCSc2ccc3c(c2)oc2cc(Cl)ccc23)CCCCC1.[Br-]. The molecule has 150 valence electrons. The molecule has 1 fully saturated rings. The summed E-state index contributed by atoms with van der Waals surface area (Å²) in [5, 5.41) is 3.01. The predicted octanol–water partition coefficient (Wildman–Crippen LogP) is 3.91. The van der Waals surface area contributed by atoms with Gasteiger partial charge in [-0.25, -0.2) is 0 Å². The van der Waals surface area contributed by atoms with Crippen molar-refractivity contribution in [2.75, 3.05) is 31.9 Å². The van der Waals surface area contributed by atoms with E-state index in [-0.39, 0.29) is 17.0 Å². The number of fused-ring (bicyclic) bond motifs is 3. The van der Waals surface area contributed by atoms with E-state index >= 15 is 0 Å². The molecule has 2 nitrogen and oxygen atoms in total. The first-order valence-corrected chi connectivity index (χ1v) is 11.3. The van der Waals surface area contributed by atoms with Crippen LogP contribution in [0.1, 0.15) is 25.7 Å². The summed E-state index contributed by atoms with van der Waals surface area (Å²) < 4.78 is 7.25. The molecule has 1 aromatic heterocycles. The third-order valence-electron chi connectivity index (χ3n) is 5.73. The number of hydrogen-bond acceptors (Lipinski definition) is 2. The molecular weight excluding hydrogens is 454 g/mol. The quantitative estimate of drug-likeness (QED) is 0.220. The summed E-state index contributed by atoms with van der Waals surface area (Å²) in [5.74, 6) is 1.15. The number of nitrogens with zero attached hydrogens (tertiary/aromatic N) is 1. The molecule has 0 atom stereocenters. The van der Waals surface area contributed by atoms with E-state index in [1.807, 2.05) is 30.0 Å². The standard InChI is InChI=1S/C23H27ClNOS.BrH/c1-2-11-25(12-4-3-5-13-25)14-6-15-27-19-8-10-21-20-9-7-18(24)16-22(20)26-23(21)17-19;/h2,7-10,16-17H,1,3-6,11-15H2;1H/q+1;/p-1. The fourth-order valence-corrected chi connectivity index (χ4v) is 5.39. The molecule has 3 aromatic rings. The number of hydrogen-bond donors (Lipinski definition) is 0. The van der Waals surface area contributed by atoms with Gasteiger partial charge in [0.05, 0.1) is 26.2 Å². The van der Waals surface area contributed by atoms with Crippen molar-refractivity contribution in [3.8, 4) is 0 Å². The lowest BCUT2D eigenvalue weighted by Crippen LogP contribution is -3.00. The zero-order chi connectivity index (χ0) is 18.7. The predicted molar refractivity (Wildman–Crippen MR) is 118 cm³/mol. The Morgan fingerprint density at radius 2 is 1.75 bits per heavy atom. The molecule has 5 heteroatoms. The van der Waals surface area contributed by atoms with E-state index in [0.29, 0.717) is 5.02 Å². The lowest BCUT2D eigenvalue weighted by molar-refractivity contribution is -0.927. The number of benzene rings is 2. The Balaban J connectivity index is 0.00000225. The van der Waals surface area contributed by atoms with E-state index in [4.69, 9.17) is 16.0 Å². The van der Waals surface area contributed by atoms with Crippen LogP contribution < -0.4 is 17.0 Å². The third-order valence-corrected chi connectivity index (χ3v) is 7.05. The summed E-state index contributed by atoms with van der Waals surface area (Å²) in [5.41, 5.74) is 1.81. The molecule has 2 heterocycles. The lowest BCUT2D eigenvalue weighted by atomic mass is 10.1. The summed E-state index contributed by atoms with van der Waals surface area (Å²) in [4.78, 5) is 1.28. The maximum atomic E-state index is 6.09. The zero-order valence-electron chi connectivity index (χ0n) is 16.1. The highest BCUT2D eigenvalue weighted by molar-refractivity contribution is 7.99. The Morgan fingerprint density at radius 1 is 1.04 bits per heavy atom. The van der Waals surface area contributed by atoms with Crippen LogP contribution in [0.5, 0.6) is 0 Å². The number of rotatable bonds is 7. The first-order valence-electron chi connectivity index (χ1n) is 9.90. The molecule has 0 aliphatic carbocycles. The van der Waals surface area contributed by atoms with Gasteiger partial charge in [-0.3, -0.25) is 0 Å². The van der Waals surface area contributed by atoms with Gasteiger partial charge >= 0.3 is 0 Å². The molecule has 0 bridgehead atoms. The van der Waals surface area contributed by atoms with E-state index in [9.17, 15) is 0 Å². The molecule has 28 heavy (non-hydrogen) atoms. The fraction of sp³-hybridized carbons (Fsp3) is 0.391. The van der Waals surface area contributed by atoms with E-state index in [1.54, 1.807) is 0 Å². The van der Waals surface area contributed by atoms with Crippen molar-refractivity contribution in [3.63, 3.8) is 0 Å². The van der Waals surface area contributed by atoms with Gasteiger partial charge in [0.15, 0.2) is 0 Å². The van der Waals surface area contributed by atoms with Gasteiger partial charge in [-0.2, -0.15) is 0 Å². The molecule has 0 saturated carbocycles. The van der Waals surface area contributed by atoms with Crippen LogP contribution in [0.25, 0.3) is 21.9 Å². The van der Waals surface area contributed by atoms with Crippen LogP contribution in [0, 0.1) is 0 Å². The highest BCUT2D eigenvalue weighted by Gasteiger charge is 2.27. The van der Waals surface area contributed by atoms with E-state index in [1.165, 1.54) is 54.7 Å². The Bertz CT molecular complexity index is 948. The zero-order valence-corrected chi connectivity index (χ0v) is 19.3. The van der Waals surface area contributed by atoms with Crippen LogP contribution >= 0.6 is 23.4 Å². The van der Waals surface area contributed by atoms with E-state index in [2.05, 4.69) is 30.9 Å². The van der Waals surface area contributed by atoms with Crippen molar-refractivity contribution in [2.24, 2.45) is 0 Å². The summed E-state index contributed by atoms with van der Waals surface area (Å²) in [6.07, 6.45) is 7.49. The van der Waals surface area contributed by atoms with Crippen LogP contribution in [-0.2, 0) is 0 Å². The molecule has 0 spiro atoms. The Morgan fingerprint density at radius 3 is 2.50 bits per heavy atom. The van der Waals surface area contributed by atoms with Crippen LogP contribution in [0.4, 0.5) is 0 Å². The van der Waals surface area contributed by atoms with Gasteiger partial charge in [0.2, 0.25) is 0 Å². The number of furan rings is 1. The number of piperidine rings is 1. The van der Waals surface area contributed by atoms with Crippen molar-refractivity contribution in [1.29, 1.82) is 0 Å². The molecule has 2 aromatic carbocycles. The fourth-order valence-electron chi connectivity index (χ4n) is 4.37. The van der Waals surface area contributed by atoms with Gasteiger partial charge in [-0.1, -0.05) is 18.2 Å². The maximum absolute atomic E-state index is 6.09. The van der Waals surface area contributed by atoms with E-state index < -0.39 is 0 Å². The number of halogens is 2. The topological polar surface area (TPSA) is 13.1 Å². The minimum Gasteiger partial charge on any atom is -1.00 e. The summed E-state index contributed by atoms with van der Waals surface area (Å²) in [7, 11) is 0. The Labute approximate surface area is 187 Å². The lowest BCUT2D eigenvalue weighted by Gasteiger charge is -2.41. The maximum Gasteiger partial charge on any atom is 0.136 e. The molecule has 1 aliphatic heterocycles. The summed E-state index contributed by atoms with van der Waals surface area (Å²) >= 11 is 8.02. The first-order chi connectivity index (χ1) is 13.2. The number of likely N-dealkylation sites (tertiary alicyclic amines) is 1. The van der Waals surface area contributed by atoms with Crippen molar-refractivity contribution < 1.29 is 25.9 Å². The molecule has 1 aliphatic rings. The second-order valence-electron chi connectivity index (χ2n) is 7.65.